The van der Waals surface area contributed by atoms with Gasteiger partial charge in [-0.1, -0.05) is 6.08 Å². The number of hydrogen-bond acceptors (Lipinski definition) is 4. The molecule has 0 aliphatic heterocycles. The molecule has 4 nitrogen and oxygen atoms in total. The number of hydrogen-bond donors (Lipinski definition) is 2. The standard InChI is InChI=1S/C9H12N2O2S/c1-10-5-3-2-4-7-8(9(12)13)11-6-14-7/h2,4,6,10H,3,5H2,1H3,(H,12,13). The highest BCUT2D eigenvalue weighted by molar-refractivity contribution is 7.10. The minimum atomic E-state index is -0.973. The van der Waals surface area contributed by atoms with Crippen LogP contribution >= 0.6 is 11.3 Å². The Morgan fingerprint density at radius 2 is 2.57 bits per heavy atom. The maximum Gasteiger partial charge on any atom is 0.356 e. The van der Waals surface area contributed by atoms with Gasteiger partial charge < -0.3 is 10.4 Å². The molecule has 0 aromatic carbocycles. The van der Waals surface area contributed by atoms with E-state index >= 15 is 0 Å². The van der Waals surface area contributed by atoms with Gasteiger partial charge in [0.2, 0.25) is 0 Å². The Hall–Kier alpha value is -1.20. The molecule has 2 N–H and O–H groups in total. The lowest BCUT2D eigenvalue weighted by atomic mass is 10.3. The van der Waals surface area contributed by atoms with Gasteiger partial charge in [-0.2, -0.15) is 0 Å². The molecule has 14 heavy (non-hydrogen) atoms. The van der Waals surface area contributed by atoms with Crippen LogP contribution in [0.4, 0.5) is 0 Å². The van der Waals surface area contributed by atoms with Crippen LogP contribution in [0.2, 0.25) is 0 Å². The third-order valence-corrected chi connectivity index (χ3v) is 2.42. The quantitative estimate of drug-likeness (QED) is 0.725. The third-order valence-electron chi connectivity index (χ3n) is 1.63. The Morgan fingerprint density at radius 1 is 1.79 bits per heavy atom. The summed E-state index contributed by atoms with van der Waals surface area (Å²) in [6, 6.07) is 0. The zero-order valence-electron chi connectivity index (χ0n) is 7.86. The molecule has 0 unspecified atom stereocenters. The summed E-state index contributed by atoms with van der Waals surface area (Å²) in [5, 5.41) is 11.8. The van der Waals surface area contributed by atoms with Crippen molar-refractivity contribution >= 4 is 23.4 Å². The predicted molar refractivity (Wildman–Crippen MR) is 56.7 cm³/mol. The van der Waals surface area contributed by atoms with Crippen LogP contribution in [-0.4, -0.2) is 29.7 Å². The van der Waals surface area contributed by atoms with Crippen molar-refractivity contribution in [2.75, 3.05) is 13.6 Å². The van der Waals surface area contributed by atoms with E-state index in [0.29, 0.717) is 4.88 Å². The number of nitrogens with zero attached hydrogens (tertiary/aromatic N) is 1. The Morgan fingerprint density at radius 3 is 3.21 bits per heavy atom. The lowest BCUT2D eigenvalue weighted by molar-refractivity contribution is 0.0691. The molecule has 0 aliphatic rings. The molecule has 1 rings (SSSR count). The van der Waals surface area contributed by atoms with Gasteiger partial charge in [-0.05, 0) is 26.1 Å². The van der Waals surface area contributed by atoms with Gasteiger partial charge >= 0.3 is 5.97 Å². The minimum Gasteiger partial charge on any atom is -0.476 e. The van der Waals surface area contributed by atoms with Crippen LogP contribution in [0.5, 0.6) is 0 Å². The molecule has 0 atom stereocenters. The highest BCUT2D eigenvalue weighted by Gasteiger charge is 2.10. The summed E-state index contributed by atoms with van der Waals surface area (Å²) in [5.41, 5.74) is 1.68. The van der Waals surface area contributed by atoms with E-state index in [4.69, 9.17) is 5.11 Å². The second kappa shape index (κ2) is 5.51. The lowest BCUT2D eigenvalue weighted by Gasteiger charge is -1.92. The Labute approximate surface area is 86.3 Å². The van der Waals surface area contributed by atoms with E-state index in [1.807, 2.05) is 13.1 Å². The number of carbonyl (C=O) groups is 1. The molecule has 76 valence electrons. The Bertz CT molecular complexity index is 333. The SMILES string of the molecule is CNCCC=Cc1scnc1C(=O)O. The lowest BCUT2D eigenvalue weighted by Crippen LogP contribution is -2.05. The zero-order valence-corrected chi connectivity index (χ0v) is 8.67. The molecule has 5 heteroatoms. The molecule has 0 spiro atoms. The molecular weight excluding hydrogens is 200 g/mol. The first-order valence-electron chi connectivity index (χ1n) is 4.23. The highest BCUT2D eigenvalue weighted by atomic mass is 32.1. The Kier molecular flexibility index (Phi) is 4.28. The van der Waals surface area contributed by atoms with Gasteiger partial charge in [-0.3, -0.25) is 0 Å². The molecular formula is C9H12N2O2S. The molecule has 0 radical (unpaired) electrons. The van der Waals surface area contributed by atoms with Crippen LogP contribution in [0.25, 0.3) is 6.08 Å². The van der Waals surface area contributed by atoms with Gasteiger partial charge in [-0.25, -0.2) is 9.78 Å². The van der Waals surface area contributed by atoms with Crippen molar-refractivity contribution in [3.05, 3.63) is 22.2 Å². The van der Waals surface area contributed by atoms with Gasteiger partial charge in [0.1, 0.15) is 0 Å². The van der Waals surface area contributed by atoms with Crippen LogP contribution in [0, 0.1) is 0 Å². The van der Waals surface area contributed by atoms with Gasteiger partial charge in [0.15, 0.2) is 5.69 Å². The largest absolute Gasteiger partial charge is 0.476 e. The highest BCUT2D eigenvalue weighted by Crippen LogP contribution is 2.15. The van der Waals surface area contributed by atoms with Crippen molar-refractivity contribution < 1.29 is 9.90 Å². The number of carboxylic acid groups (broad SMARTS) is 1. The van der Waals surface area contributed by atoms with Crippen molar-refractivity contribution in [1.29, 1.82) is 0 Å². The summed E-state index contributed by atoms with van der Waals surface area (Å²) in [4.78, 5) is 15.1. The molecule has 0 saturated carbocycles. The number of aromatic carboxylic acids is 1. The van der Waals surface area contributed by atoms with Crippen molar-refractivity contribution in [2.24, 2.45) is 0 Å². The van der Waals surface area contributed by atoms with Gasteiger partial charge in [0.05, 0.1) is 10.4 Å². The van der Waals surface area contributed by atoms with E-state index in [2.05, 4.69) is 10.3 Å². The monoisotopic (exact) mass is 212 g/mol. The summed E-state index contributed by atoms with van der Waals surface area (Å²) in [6.45, 7) is 0.887. The molecule has 0 amide bonds. The summed E-state index contributed by atoms with van der Waals surface area (Å²) in [6.07, 6.45) is 4.63. The first-order valence-corrected chi connectivity index (χ1v) is 5.11. The molecule has 0 fully saturated rings. The van der Waals surface area contributed by atoms with Crippen molar-refractivity contribution in [1.82, 2.24) is 10.3 Å². The summed E-state index contributed by atoms with van der Waals surface area (Å²) >= 11 is 1.34. The fourth-order valence-electron chi connectivity index (χ4n) is 0.952. The van der Waals surface area contributed by atoms with E-state index in [9.17, 15) is 4.79 Å². The molecule has 0 saturated heterocycles. The molecule has 1 aromatic heterocycles. The molecule has 0 bridgehead atoms. The van der Waals surface area contributed by atoms with Gasteiger partial charge in [-0.15, -0.1) is 11.3 Å². The Balaban J connectivity index is 2.62. The van der Waals surface area contributed by atoms with E-state index in [1.54, 1.807) is 11.6 Å². The number of aromatic nitrogens is 1. The first-order chi connectivity index (χ1) is 6.75. The number of carboxylic acids is 1. The second-order valence-electron chi connectivity index (χ2n) is 2.66. The van der Waals surface area contributed by atoms with E-state index in [-0.39, 0.29) is 5.69 Å². The van der Waals surface area contributed by atoms with Crippen LogP contribution in [0.15, 0.2) is 11.6 Å². The zero-order chi connectivity index (χ0) is 10.4. The number of nitrogens with one attached hydrogen (secondary N) is 1. The van der Waals surface area contributed by atoms with Gasteiger partial charge in [0.25, 0.3) is 0 Å². The summed E-state index contributed by atoms with van der Waals surface area (Å²) in [5.74, 6) is -0.973. The van der Waals surface area contributed by atoms with E-state index in [0.717, 1.165) is 13.0 Å². The molecule has 1 heterocycles. The van der Waals surface area contributed by atoms with E-state index in [1.165, 1.54) is 11.3 Å². The van der Waals surface area contributed by atoms with Crippen LogP contribution < -0.4 is 5.32 Å². The van der Waals surface area contributed by atoms with Crippen molar-refractivity contribution in [3.63, 3.8) is 0 Å². The van der Waals surface area contributed by atoms with Crippen molar-refractivity contribution in [3.8, 4) is 0 Å². The van der Waals surface area contributed by atoms with Crippen LogP contribution in [-0.2, 0) is 0 Å². The predicted octanol–water partition coefficient (Wildman–Crippen LogP) is 1.46. The van der Waals surface area contributed by atoms with Crippen LogP contribution in [0.3, 0.4) is 0 Å². The maximum atomic E-state index is 10.7. The normalized spacial score (nSPS) is 10.9. The topological polar surface area (TPSA) is 62.2 Å². The summed E-state index contributed by atoms with van der Waals surface area (Å²) in [7, 11) is 1.88. The maximum absolute atomic E-state index is 10.7. The average molecular weight is 212 g/mol. The molecule has 0 aliphatic carbocycles. The number of thiazole rings is 1. The smallest absolute Gasteiger partial charge is 0.356 e. The summed E-state index contributed by atoms with van der Waals surface area (Å²) < 4.78 is 0. The van der Waals surface area contributed by atoms with Crippen LogP contribution in [0.1, 0.15) is 21.8 Å². The average Bonchev–Trinajstić information content (AvgIpc) is 2.60. The van der Waals surface area contributed by atoms with Gasteiger partial charge in [0, 0.05) is 0 Å². The first kappa shape index (κ1) is 10.9. The van der Waals surface area contributed by atoms with E-state index < -0.39 is 5.97 Å². The fraction of sp³-hybridized carbons (Fsp3) is 0.333. The third kappa shape index (κ3) is 2.93. The second-order valence-corrected chi connectivity index (χ2v) is 3.55. The fourth-order valence-corrected chi connectivity index (χ4v) is 1.65. The van der Waals surface area contributed by atoms with Crippen molar-refractivity contribution in [2.45, 2.75) is 6.42 Å². The molecule has 1 aromatic rings. The number of rotatable bonds is 5. The minimum absolute atomic E-state index is 0.135.